The van der Waals surface area contributed by atoms with Crippen LogP contribution in [0.25, 0.3) is 0 Å². The van der Waals surface area contributed by atoms with Crippen LogP contribution in [0.3, 0.4) is 0 Å². The molecule has 8 heteroatoms. The van der Waals surface area contributed by atoms with Gasteiger partial charge in [0, 0.05) is 7.05 Å². The van der Waals surface area contributed by atoms with Crippen LogP contribution >= 0.6 is 11.6 Å². The molecule has 0 saturated heterocycles. The van der Waals surface area contributed by atoms with Crippen LogP contribution < -0.4 is 10.1 Å². The molecule has 0 fully saturated rings. The van der Waals surface area contributed by atoms with Gasteiger partial charge < -0.3 is 14.5 Å². The van der Waals surface area contributed by atoms with Gasteiger partial charge in [-0.05, 0) is 30.2 Å². The number of nitrogens with one attached hydrogen (secondary N) is 2. The van der Waals surface area contributed by atoms with E-state index in [2.05, 4.69) is 10.5 Å². The molecule has 1 aromatic carbocycles. The highest BCUT2D eigenvalue weighted by Crippen LogP contribution is 2.29. The van der Waals surface area contributed by atoms with Crippen LogP contribution in [0.2, 0.25) is 5.22 Å². The third kappa shape index (κ3) is 3.56. The van der Waals surface area contributed by atoms with Crippen molar-refractivity contribution in [1.82, 2.24) is 5.01 Å². The normalized spacial score (nSPS) is 10.1. The Morgan fingerprint density at radius 1 is 1.50 bits per heavy atom. The maximum atomic E-state index is 11.7. The topological polar surface area (TPSA) is 90.9 Å². The van der Waals surface area contributed by atoms with Crippen LogP contribution in [0.1, 0.15) is 11.1 Å². The van der Waals surface area contributed by atoms with E-state index < -0.39 is 6.03 Å². The number of hydrogen-bond acceptors (Lipinski definition) is 5. The summed E-state index contributed by atoms with van der Waals surface area (Å²) in [5, 5.41) is 6.52. The van der Waals surface area contributed by atoms with E-state index in [9.17, 15) is 4.79 Å². The number of carbonyl (C=O) groups excluding carboxylic acids is 1. The largest absolute Gasteiger partial charge is 0.488 e. The molecule has 0 aliphatic rings. The molecule has 0 radical (unpaired) electrons. The first kappa shape index (κ1) is 15.8. The summed E-state index contributed by atoms with van der Waals surface area (Å²) in [4.78, 5) is 11.7. The molecular weight excluding hydrogens is 308 g/mol. The zero-order valence-corrected chi connectivity index (χ0v) is 12.8. The number of amides is 2. The number of rotatable bonds is 5. The molecule has 2 rings (SSSR count). The number of aryl methyl sites for hydroxylation is 1. The van der Waals surface area contributed by atoms with E-state index in [0.717, 1.165) is 16.3 Å². The van der Waals surface area contributed by atoms with Crippen molar-refractivity contribution >= 4 is 23.3 Å². The second-order valence-corrected chi connectivity index (χ2v) is 4.85. The van der Waals surface area contributed by atoms with Gasteiger partial charge in [-0.3, -0.25) is 0 Å². The SMILES string of the molecule is Cc1ccccc1OCc1c(NC(=O)N(C)N=N)coc1Cl. The van der Waals surface area contributed by atoms with Crippen molar-refractivity contribution in [1.29, 1.82) is 5.53 Å². The number of carbonyl (C=O) groups is 1. The molecule has 7 nitrogen and oxygen atoms in total. The van der Waals surface area contributed by atoms with Crippen molar-refractivity contribution in [3.05, 3.63) is 46.9 Å². The van der Waals surface area contributed by atoms with Gasteiger partial charge in [0.05, 0.1) is 11.3 Å². The molecule has 2 N–H and O–H groups in total. The maximum absolute atomic E-state index is 11.7. The first-order chi connectivity index (χ1) is 10.5. The Kier molecular flexibility index (Phi) is 5.00. The monoisotopic (exact) mass is 322 g/mol. The number of benzene rings is 1. The summed E-state index contributed by atoms with van der Waals surface area (Å²) in [6, 6.07) is 6.98. The molecule has 0 unspecified atom stereocenters. The molecule has 1 heterocycles. The molecule has 116 valence electrons. The van der Waals surface area contributed by atoms with Crippen molar-refractivity contribution in [3.63, 3.8) is 0 Å². The summed E-state index contributed by atoms with van der Waals surface area (Å²) in [6.45, 7) is 2.07. The van der Waals surface area contributed by atoms with Gasteiger partial charge >= 0.3 is 6.03 Å². The fourth-order valence-electron chi connectivity index (χ4n) is 1.71. The zero-order valence-electron chi connectivity index (χ0n) is 12.1. The summed E-state index contributed by atoms with van der Waals surface area (Å²) < 4.78 is 10.8. The number of halogens is 1. The standard InChI is InChI=1S/C14H15ClN4O3/c1-9-5-3-4-6-12(9)21-7-10-11(8-22-13(10)15)17-14(20)19(2)18-16/h3-6,8,16H,7H2,1-2H3,(H,17,20). The van der Waals surface area contributed by atoms with Crippen molar-refractivity contribution in [2.24, 2.45) is 5.22 Å². The van der Waals surface area contributed by atoms with Gasteiger partial charge in [0.2, 0.25) is 5.22 Å². The van der Waals surface area contributed by atoms with Crippen LogP contribution in [-0.4, -0.2) is 18.1 Å². The number of urea groups is 1. The predicted octanol–water partition coefficient (Wildman–Crippen LogP) is 4.23. The second kappa shape index (κ2) is 6.95. The number of ether oxygens (including phenoxy) is 1. The van der Waals surface area contributed by atoms with E-state index in [-0.39, 0.29) is 11.8 Å². The minimum atomic E-state index is -0.579. The molecule has 0 bridgehead atoms. The molecule has 1 aromatic heterocycles. The van der Waals surface area contributed by atoms with E-state index in [1.807, 2.05) is 31.2 Å². The van der Waals surface area contributed by atoms with Crippen LogP contribution in [0.5, 0.6) is 5.75 Å². The number of para-hydroxylation sites is 1. The van der Waals surface area contributed by atoms with Gasteiger partial charge in [-0.15, -0.1) is 0 Å². The quantitative estimate of drug-likeness (QED) is 0.637. The van der Waals surface area contributed by atoms with Crippen molar-refractivity contribution in [3.8, 4) is 5.75 Å². The third-order valence-electron chi connectivity index (χ3n) is 2.99. The van der Waals surface area contributed by atoms with E-state index in [1.54, 1.807) is 0 Å². The Bertz CT molecular complexity index is 686. The summed E-state index contributed by atoms with van der Waals surface area (Å²) in [6.07, 6.45) is 1.31. The first-order valence-electron chi connectivity index (χ1n) is 6.39. The average Bonchev–Trinajstić information content (AvgIpc) is 2.86. The van der Waals surface area contributed by atoms with Crippen LogP contribution in [-0.2, 0) is 6.61 Å². The number of anilines is 1. The number of hydrogen-bond donors (Lipinski definition) is 2. The van der Waals surface area contributed by atoms with E-state index in [4.69, 9.17) is 26.3 Å². The van der Waals surface area contributed by atoms with Gasteiger partial charge in [-0.1, -0.05) is 23.4 Å². The maximum Gasteiger partial charge on any atom is 0.343 e. The minimum absolute atomic E-state index is 0.134. The summed E-state index contributed by atoms with van der Waals surface area (Å²) in [7, 11) is 1.35. The second-order valence-electron chi connectivity index (χ2n) is 4.51. The number of nitrogens with zero attached hydrogens (tertiary/aromatic N) is 2. The smallest absolute Gasteiger partial charge is 0.343 e. The molecule has 0 aliphatic carbocycles. The summed E-state index contributed by atoms with van der Waals surface area (Å²) in [5.41, 5.74) is 8.67. The predicted molar refractivity (Wildman–Crippen MR) is 81.2 cm³/mol. The van der Waals surface area contributed by atoms with Crippen LogP contribution in [0.15, 0.2) is 40.2 Å². The third-order valence-corrected chi connectivity index (χ3v) is 3.31. The molecule has 0 spiro atoms. The molecule has 2 aromatic rings. The lowest BCUT2D eigenvalue weighted by molar-refractivity contribution is 0.220. The van der Waals surface area contributed by atoms with Crippen molar-refractivity contribution in [2.45, 2.75) is 13.5 Å². The van der Waals surface area contributed by atoms with Gasteiger partial charge in [-0.25, -0.2) is 4.79 Å². The highest BCUT2D eigenvalue weighted by atomic mass is 35.5. The Hall–Kier alpha value is -2.54. The molecule has 0 saturated carbocycles. The first-order valence-corrected chi connectivity index (χ1v) is 6.77. The van der Waals surface area contributed by atoms with Crippen LogP contribution in [0.4, 0.5) is 10.5 Å². The highest BCUT2D eigenvalue weighted by Gasteiger charge is 2.17. The fourth-order valence-corrected chi connectivity index (χ4v) is 1.91. The van der Waals surface area contributed by atoms with E-state index >= 15 is 0 Å². The van der Waals surface area contributed by atoms with Crippen molar-refractivity contribution < 1.29 is 13.9 Å². The lowest BCUT2D eigenvalue weighted by Gasteiger charge is -2.12. The summed E-state index contributed by atoms with van der Waals surface area (Å²) in [5.74, 6) is 0.718. The fraction of sp³-hybridized carbons (Fsp3) is 0.214. The molecule has 0 atom stereocenters. The van der Waals surface area contributed by atoms with Crippen LogP contribution in [0, 0.1) is 12.5 Å². The molecular formula is C14H15ClN4O3. The van der Waals surface area contributed by atoms with E-state index in [0.29, 0.717) is 11.3 Å². The Labute approximate surface area is 132 Å². The molecule has 22 heavy (non-hydrogen) atoms. The lowest BCUT2D eigenvalue weighted by atomic mass is 10.2. The van der Waals surface area contributed by atoms with Crippen molar-refractivity contribution in [2.75, 3.05) is 12.4 Å². The van der Waals surface area contributed by atoms with Gasteiger partial charge in [0.1, 0.15) is 18.6 Å². The lowest BCUT2D eigenvalue weighted by Crippen LogP contribution is -2.26. The zero-order chi connectivity index (χ0) is 16.1. The highest BCUT2D eigenvalue weighted by molar-refractivity contribution is 6.30. The van der Waals surface area contributed by atoms with Gasteiger partial charge in [-0.2, -0.15) is 10.5 Å². The van der Waals surface area contributed by atoms with Gasteiger partial charge in [0.15, 0.2) is 0 Å². The Balaban J connectivity index is 2.11. The molecule has 0 aliphatic heterocycles. The van der Waals surface area contributed by atoms with E-state index in [1.165, 1.54) is 13.3 Å². The molecule has 2 amide bonds. The Morgan fingerprint density at radius 3 is 2.91 bits per heavy atom. The minimum Gasteiger partial charge on any atom is -0.488 e. The van der Waals surface area contributed by atoms with Gasteiger partial charge in [0.25, 0.3) is 0 Å². The average molecular weight is 323 g/mol. The summed E-state index contributed by atoms with van der Waals surface area (Å²) >= 11 is 5.98. The number of furan rings is 1. The Morgan fingerprint density at radius 2 is 2.23 bits per heavy atom.